The van der Waals surface area contributed by atoms with E-state index in [4.69, 9.17) is 19.2 Å². The van der Waals surface area contributed by atoms with Crippen molar-refractivity contribution in [3.05, 3.63) is 47.5 Å². The third-order valence-electron chi connectivity index (χ3n) is 6.76. The Morgan fingerprint density at radius 2 is 1.65 bits per heavy atom. The number of hydrogen-bond donors (Lipinski definition) is 1. The van der Waals surface area contributed by atoms with Crippen LogP contribution in [0, 0.1) is 0 Å². The first-order chi connectivity index (χ1) is 15.2. The zero-order chi connectivity index (χ0) is 21.4. The summed E-state index contributed by atoms with van der Waals surface area (Å²) in [4.78, 5) is 9.83. The molecule has 3 aliphatic rings. The van der Waals surface area contributed by atoms with Gasteiger partial charge in [-0.25, -0.2) is 0 Å². The smallest absolute Gasteiger partial charge is 0.164 e. The number of benzene rings is 2. The van der Waals surface area contributed by atoms with Gasteiger partial charge in [0.25, 0.3) is 0 Å². The normalized spacial score (nSPS) is 19.3. The van der Waals surface area contributed by atoms with Crippen LogP contribution in [0.1, 0.15) is 24.0 Å². The summed E-state index contributed by atoms with van der Waals surface area (Å²) < 4.78 is 16.6. The van der Waals surface area contributed by atoms with Gasteiger partial charge < -0.3 is 24.4 Å². The van der Waals surface area contributed by atoms with Crippen LogP contribution < -0.4 is 19.5 Å². The predicted octanol–water partition coefficient (Wildman–Crippen LogP) is 3.19. The number of amidine groups is 1. The first-order valence-corrected chi connectivity index (χ1v) is 10.9. The molecular weight excluding hydrogens is 392 g/mol. The molecule has 1 spiro atoms. The number of rotatable bonds is 5. The molecule has 0 amide bonds. The van der Waals surface area contributed by atoms with Crippen LogP contribution in [0.5, 0.6) is 17.2 Å². The fourth-order valence-electron chi connectivity index (χ4n) is 5.13. The third-order valence-corrected chi connectivity index (χ3v) is 6.76. The molecule has 0 bridgehead atoms. The van der Waals surface area contributed by atoms with Gasteiger partial charge in [0.05, 0.1) is 27.9 Å². The first kappa shape index (κ1) is 20.0. The Morgan fingerprint density at radius 1 is 0.935 bits per heavy atom. The Kier molecular flexibility index (Phi) is 5.14. The molecule has 0 unspecified atom stereocenters. The maximum atomic E-state index is 5.64. The summed E-state index contributed by atoms with van der Waals surface area (Å²) in [7, 11) is 5.01. The fourth-order valence-corrected chi connectivity index (χ4v) is 5.13. The van der Waals surface area contributed by atoms with Crippen LogP contribution in [0.3, 0.4) is 0 Å². The molecule has 3 heterocycles. The van der Waals surface area contributed by atoms with E-state index in [0.29, 0.717) is 5.75 Å². The Hall–Kier alpha value is -2.93. The van der Waals surface area contributed by atoms with E-state index in [9.17, 15) is 0 Å². The lowest BCUT2D eigenvalue weighted by Crippen LogP contribution is -2.63. The van der Waals surface area contributed by atoms with E-state index in [1.165, 1.54) is 11.3 Å². The minimum Gasteiger partial charge on any atom is -0.496 e. The minimum absolute atomic E-state index is 0.0537. The van der Waals surface area contributed by atoms with Crippen LogP contribution in [-0.2, 0) is 6.54 Å². The van der Waals surface area contributed by atoms with Gasteiger partial charge in [-0.05, 0) is 18.2 Å². The number of para-hydroxylation sites is 1. The summed E-state index contributed by atoms with van der Waals surface area (Å²) in [6, 6.07) is 12.5. The van der Waals surface area contributed by atoms with Gasteiger partial charge in [0.15, 0.2) is 11.5 Å². The second-order valence-electron chi connectivity index (χ2n) is 8.35. The van der Waals surface area contributed by atoms with Crippen LogP contribution >= 0.6 is 0 Å². The number of piperidine rings is 1. The number of aliphatic imine (C=N–C) groups is 1. The standard InChI is InChI=1S/C24H30N4O3/c1-29-20-15-22(31-3)21(30-2)14-17(20)16-27-11-8-24(9-12-27)26-19-7-5-4-6-18(19)23-25-10-13-28(23)24/h4-7,14-15,26H,8-13,16H2,1-3H3. The van der Waals surface area contributed by atoms with Gasteiger partial charge >= 0.3 is 0 Å². The van der Waals surface area contributed by atoms with E-state index < -0.39 is 0 Å². The monoisotopic (exact) mass is 422 g/mol. The second kappa shape index (κ2) is 7.96. The average Bonchev–Trinajstić information content (AvgIpc) is 3.32. The third kappa shape index (κ3) is 3.37. The number of methoxy groups -OCH3 is 3. The summed E-state index contributed by atoms with van der Waals surface area (Å²) in [5.74, 6) is 3.41. The number of hydrogen-bond acceptors (Lipinski definition) is 7. The number of nitrogens with zero attached hydrogens (tertiary/aromatic N) is 3. The number of ether oxygens (including phenoxy) is 3. The highest BCUT2D eigenvalue weighted by molar-refractivity contribution is 6.06. The van der Waals surface area contributed by atoms with Gasteiger partial charge in [0.1, 0.15) is 17.2 Å². The van der Waals surface area contributed by atoms with Crippen LogP contribution in [0.2, 0.25) is 0 Å². The molecule has 7 heteroatoms. The van der Waals surface area contributed by atoms with E-state index >= 15 is 0 Å². The van der Waals surface area contributed by atoms with E-state index in [-0.39, 0.29) is 5.66 Å². The molecule has 2 aromatic rings. The van der Waals surface area contributed by atoms with Crippen molar-refractivity contribution in [1.82, 2.24) is 9.80 Å². The van der Waals surface area contributed by atoms with Crippen molar-refractivity contribution >= 4 is 11.5 Å². The van der Waals surface area contributed by atoms with Crippen molar-refractivity contribution in [1.29, 1.82) is 0 Å². The van der Waals surface area contributed by atoms with Crippen LogP contribution in [0.25, 0.3) is 0 Å². The van der Waals surface area contributed by atoms with Crippen molar-refractivity contribution in [2.45, 2.75) is 25.0 Å². The highest BCUT2D eigenvalue weighted by Crippen LogP contribution is 2.40. The van der Waals surface area contributed by atoms with Crippen LogP contribution in [-0.4, -0.2) is 68.8 Å². The molecular formula is C24H30N4O3. The molecule has 0 atom stereocenters. The molecule has 1 N–H and O–H groups in total. The van der Waals surface area contributed by atoms with E-state index in [1.807, 2.05) is 12.1 Å². The van der Waals surface area contributed by atoms with Crippen molar-refractivity contribution in [3.63, 3.8) is 0 Å². The highest BCUT2D eigenvalue weighted by atomic mass is 16.5. The average molecular weight is 423 g/mol. The number of anilines is 1. The summed E-state index contributed by atoms with van der Waals surface area (Å²) in [5.41, 5.74) is 3.49. The Bertz CT molecular complexity index is 998. The molecule has 164 valence electrons. The van der Waals surface area contributed by atoms with Gasteiger partial charge in [0, 0.05) is 61.9 Å². The molecule has 0 aliphatic carbocycles. The lowest BCUT2D eigenvalue weighted by atomic mass is 9.90. The van der Waals surface area contributed by atoms with Crippen molar-refractivity contribution in [2.75, 3.05) is 52.8 Å². The predicted molar refractivity (Wildman–Crippen MR) is 122 cm³/mol. The van der Waals surface area contributed by atoms with Crippen molar-refractivity contribution < 1.29 is 14.2 Å². The van der Waals surface area contributed by atoms with E-state index in [1.54, 1.807) is 21.3 Å². The van der Waals surface area contributed by atoms with Crippen molar-refractivity contribution in [3.8, 4) is 17.2 Å². The largest absolute Gasteiger partial charge is 0.496 e. The Labute approximate surface area is 183 Å². The van der Waals surface area contributed by atoms with Gasteiger partial charge in [0.2, 0.25) is 0 Å². The van der Waals surface area contributed by atoms with Crippen molar-refractivity contribution in [2.24, 2.45) is 4.99 Å². The maximum Gasteiger partial charge on any atom is 0.164 e. The summed E-state index contributed by atoms with van der Waals surface area (Å²) in [5, 5.41) is 3.88. The molecule has 7 nitrogen and oxygen atoms in total. The Balaban J connectivity index is 1.34. The summed E-state index contributed by atoms with van der Waals surface area (Å²) >= 11 is 0. The molecule has 5 rings (SSSR count). The molecule has 1 fully saturated rings. The van der Waals surface area contributed by atoms with Gasteiger partial charge in [-0.15, -0.1) is 0 Å². The molecule has 1 saturated heterocycles. The zero-order valence-electron chi connectivity index (χ0n) is 18.5. The Morgan fingerprint density at radius 3 is 2.39 bits per heavy atom. The zero-order valence-corrected chi connectivity index (χ0v) is 18.5. The van der Waals surface area contributed by atoms with Gasteiger partial charge in [-0.3, -0.25) is 9.89 Å². The molecule has 0 radical (unpaired) electrons. The highest BCUT2D eigenvalue weighted by Gasteiger charge is 2.46. The number of likely N-dealkylation sites (tertiary alicyclic amines) is 1. The lowest BCUT2D eigenvalue weighted by molar-refractivity contribution is 0.0890. The molecule has 3 aliphatic heterocycles. The molecule has 2 aromatic carbocycles. The molecule has 0 aromatic heterocycles. The molecule has 31 heavy (non-hydrogen) atoms. The quantitative estimate of drug-likeness (QED) is 0.799. The van der Waals surface area contributed by atoms with E-state index in [0.717, 1.165) is 68.5 Å². The topological polar surface area (TPSA) is 58.6 Å². The fraction of sp³-hybridized carbons (Fsp3) is 0.458. The number of nitrogens with one attached hydrogen (secondary N) is 1. The summed E-state index contributed by atoms with van der Waals surface area (Å²) in [6.07, 6.45) is 2.08. The van der Waals surface area contributed by atoms with Gasteiger partial charge in [-0.1, -0.05) is 12.1 Å². The van der Waals surface area contributed by atoms with Gasteiger partial charge in [-0.2, -0.15) is 0 Å². The van der Waals surface area contributed by atoms with Crippen LogP contribution in [0.15, 0.2) is 41.4 Å². The SMILES string of the molecule is COc1cc(OC)c(OC)cc1CN1CCC2(CC1)Nc1ccccc1C1=NCCN12. The maximum absolute atomic E-state index is 5.64. The van der Waals surface area contributed by atoms with E-state index in [2.05, 4.69) is 39.4 Å². The first-order valence-electron chi connectivity index (χ1n) is 10.9. The number of fused-ring (bicyclic) bond motifs is 4. The lowest BCUT2D eigenvalue weighted by Gasteiger charge is -2.52. The van der Waals surface area contributed by atoms with Crippen LogP contribution in [0.4, 0.5) is 5.69 Å². The second-order valence-corrected chi connectivity index (χ2v) is 8.35. The molecule has 0 saturated carbocycles. The minimum atomic E-state index is -0.0537. The summed E-state index contributed by atoms with van der Waals surface area (Å²) in [6.45, 7) is 4.67.